The molecule has 1 aliphatic rings. The number of carbonyl (C=O) groups is 2. The molecule has 0 atom stereocenters. The molecule has 178 valence electrons. The van der Waals surface area contributed by atoms with Crippen molar-refractivity contribution in [2.45, 2.75) is 32.4 Å². The molecule has 4 aromatic rings. The van der Waals surface area contributed by atoms with Gasteiger partial charge < -0.3 is 5.32 Å². The van der Waals surface area contributed by atoms with E-state index in [-0.39, 0.29) is 23.7 Å². The van der Waals surface area contributed by atoms with Gasteiger partial charge in [-0.25, -0.2) is 4.39 Å². The molecule has 2 aromatic heterocycles. The van der Waals surface area contributed by atoms with Crippen LogP contribution in [0.5, 0.6) is 0 Å². The van der Waals surface area contributed by atoms with Crippen LogP contribution in [0.3, 0.4) is 0 Å². The Labute approximate surface area is 203 Å². The van der Waals surface area contributed by atoms with Gasteiger partial charge in [0.15, 0.2) is 0 Å². The minimum atomic E-state index is -0.318. The molecule has 0 spiro atoms. The molecule has 0 bridgehead atoms. The van der Waals surface area contributed by atoms with E-state index in [1.165, 1.54) is 18.3 Å². The Morgan fingerprint density at radius 3 is 2.57 bits per heavy atom. The summed E-state index contributed by atoms with van der Waals surface area (Å²) >= 11 is 0. The molecule has 2 aromatic carbocycles. The quantitative estimate of drug-likeness (QED) is 0.451. The van der Waals surface area contributed by atoms with Gasteiger partial charge in [0.2, 0.25) is 5.91 Å². The second-order valence-corrected chi connectivity index (χ2v) is 9.03. The molecule has 1 amide bonds. The summed E-state index contributed by atoms with van der Waals surface area (Å²) in [5, 5.41) is 4.23. The molecule has 1 saturated heterocycles. The third-order valence-corrected chi connectivity index (χ3v) is 6.60. The second-order valence-electron chi connectivity index (χ2n) is 9.03. The highest BCUT2D eigenvalue weighted by atomic mass is 19.1. The van der Waals surface area contributed by atoms with E-state index in [0.717, 1.165) is 48.9 Å². The SMILES string of the molecule is CC(=O)n1cc(CN2CCC(NC(=O)c3ccc(-c4cccc(F)c4)nc3)CC2)c2ccccc21. The fourth-order valence-electron chi connectivity index (χ4n) is 4.73. The minimum absolute atomic E-state index is 0.00678. The van der Waals surface area contributed by atoms with Crippen molar-refractivity contribution in [3.63, 3.8) is 0 Å². The molecule has 0 saturated carbocycles. The number of amides is 1. The van der Waals surface area contributed by atoms with Crippen LogP contribution >= 0.6 is 0 Å². The smallest absolute Gasteiger partial charge is 0.253 e. The number of nitrogens with one attached hydrogen (secondary N) is 1. The van der Waals surface area contributed by atoms with Gasteiger partial charge in [0, 0.05) is 55.9 Å². The highest BCUT2D eigenvalue weighted by Crippen LogP contribution is 2.24. The van der Waals surface area contributed by atoms with E-state index in [0.29, 0.717) is 16.8 Å². The van der Waals surface area contributed by atoms with Crippen LogP contribution in [0.15, 0.2) is 73.1 Å². The average Bonchev–Trinajstić information content (AvgIpc) is 3.24. The largest absolute Gasteiger partial charge is 0.349 e. The summed E-state index contributed by atoms with van der Waals surface area (Å²) in [4.78, 5) is 31.5. The summed E-state index contributed by atoms with van der Waals surface area (Å²) in [6.07, 6.45) is 5.19. The maximum atomic E-state index is 13.5. The van der Waals surface area contributed by atoms with Crippen molar-refractivity contribution in [2.75, 3.05) is 13.1 Å². The van der Waals surface area contributed by atoms with E-state index in [2.05, 4.69) is 21.3 Å². The number of fused-ring (bicyclic) bond motifs is 1. The van der Waals surface area contributed by atoms with Crippen LogP contribution in [0.1, 0.15) is 40.5 Å². The standard InChI is InChI=1S/C28H27FN4O2/c1-19(34)33-18-22(25-7-2-3-8-27(25)33)17-32-13-11-24(12-14-32)31-28(35)21-9-10-26(30-16-21)20-5-4-6-23(29)15-20/h2-10,15-16,18,24H,11-14,17H2,1H3,(H,31,35). The molecule has 0 radical (unpaired) electrons. The normalized spacial score (nSPS) is 14.8. The van der Waals surface area contributed by atoms with Crippen LogP contribution in [0.2, 0.25) is 0 Å². The Bertz CT molecular complexity index is 1370. The second kappa shape index (κ2) is 9.80. The summed E-state index contributed by atoms with van der Waals surface area (Å²) in [5.74, 6) is -0.458. The summed E-state index contributed by atoms with van der Waals surface area (Å²) in [6, 6.07) is 17.8. The lowest BCUT2D eigenvalue weighted by Gasteiger charge is -2.32. The van der Waals surface area contributed by atoms with Gasteiger partial charge in [-0.2, -0.15) is 0 Å². The highest BCUT2D eigenvalue weighted by molar-refractivity contribution is 5.94. The number of rotatable bonds is 5. The number of aromatic nitrogens is 2. The Kier molecular flexibility index (Phi) is 6.42. The van der Waals surface area contributed by atoms with Crippen molar-refractivity contribution in [3.05, 3.63) is 90.0 Å². The molecule has 0 aliphatic carbocycles. The zero-order valence-electron chi connectivity index (χ0n) is 19.6. The van der Waals surface area contributed by atoms with Crippen LogP contribution < -0.4 is 5.32 Å². The number of para-hydroxylation sites is 1. The van der Waals surface area contributed by atoms with Crippen molar-refractivity contribution in [3.8, 4) is 11.3 Å². The summed E-state index contributed by atoms with van der Waals surface area (Å²) in [7, 11) is 0. The molecule has 3 heterocycles. The number of benzene rings is 2. The first-order chi connectivity index (χ1) is 17.0. The summed E-state index contributed by atoms with van der Waals surface area (Å²) in [6.45, 7) is 4.07. The number of hydrogen-bond donors (Lipinski definition) is 1. The Morgan fingerprint density at radius 2 is 1.86 bits per heavy atom. The fraction of sp³-hybridized carbons (Fsp3) is 0.250. The first-order valence-electron chi connectivity index (χ1n) is 11.8. The number of piperidine rings is 1. The van der Waals surface area contributed by atoms with E-state index in [4.69, 9.17) is 0 Å². The predicted octanol–water partition coefficient (Wildman–Crippen LogP) is 4.90. The molecule has 35 heavy (non-hydrogen) atoms. The molecular weight excluding hydrogens is 443 g/mol. The predicted molar refractivity (Wildman–Crippen MR) is 134 cm³/mol. The molecule has 7 heteroatoms. The number of likely N-dealkylation sites (tertiary alicyclic amines) is 1. The van der Waals surface area contributed by atoms with Gasteiger partial charge in [-0.3, -0.25) is 24.0 Å². The van der Waals surface area contributed by atoms with Gasteiger partial charge in [0.05, 0.1) is 16.8 Å². The first kappa shape index (κ1) is 22.9. The Hall–Kier alpha value is -3.84. The van der Waals surface area contributed by atoms with Gasteiger partial charge >= 0.3 is 0 Å². The van der Waals surface area contributed by atoms with E-state index in [9.17, 15) is 14.0 Å². The molecular formula is C28H27FN4O2. The number of nitrogens with zero attached hydrogens (tertiary/aromatic N) is 3. The van der Waals surface area contributed by atoms with Crippen molar-refractivity contribution in [2.24, 2.45) is 0 Å². The van der Waals surface area contributed by atoms with Gasteiger partial charge in [-0.15, -0.1) is 0 Å². The lowest BCUT2D eigenvalue weighted by atomic mass is 10.0. The monoisotopic (exact) mass is 470 g/mol. The zero-order valence-corrected chi connectivity index (χ0v) is 19.6. The fourth-order valence-corrected chi connectivity index (χ4v) is 4.73. The number of hydrogen-bond acceptors (Lipinski definition) is 4. The molecule has 1 fully saturated rings. The lowest BCUT2D eigenvalue weighted by molar-refractivity contribution is 0.0907. The van der Waals surface area contributed by atoms with Gasteiger partial charge in [0.1, 0.15) is 5.82 Å². The molecule has 5 rings (SSSR count). The lowest BCUT2D eigenvalue weighted by Crippen LogP contribution is -2.44. The van der Waals surface area contributed by atoms with Gasteiger partial charge in [-0.1, -0.05) is 30.3 Å². The van der Waals surface area contributed by atoms with E-state index >= 15 is 0 Å². The molecule has 6 nitrogen and oxygen atoms in total. The van der Waals surface area contributed by atoms with Crippen molar-refractivity contribution < 1.29 is 14.0 Å². The Morgan fingerprint density at radius 1 is 1.06 bits per heavy atom. The maximum absolute atomic E-state index is 13.5. The topological polar surface area (TPSA) is 67.2 Å². The van der Waals surface area contributed by atoms with Gasteiger partial charge in [-0.05, 0) is 48.7 Å². The van der Waals surface area contributed by atoms with Gasteiger partial charge in [0.25, 0.3) is 5.91 Å². The number of carbonyl (C=O) groups excluding carboxylic acids is 2. The van der Waals surface area contributed by atoms with Crippen LogP contribution in [-0.2, 0) is 6.54 Å². The average molecular weight is 471 g/mol. The van der Waals surface area contributed by atoms with Crippen molar-refractivity contribution in [1.29, 1.82) is 0 Å². The van der Waals surface area contributed by atoms with E-state index in [1.54, 1.807) is 35.8 Å². The molecule has 1 N–H and O–H groups in total. The summed E-state index contributed by atoms with van der Waals surface area (Å²) < 4.78 is 15.2. The van der Waals surface area contributed by atoms with Crippen LogP contribution in [0.4, 0.5) is 4.39 Å². The highest BCUT2D eigenvalue weighted by Gasteiger charge is 2.22. The van der Waals surface area contributed by atoms with Crippen LogP contribution in [0.25, 0.3) is 22.2 Å². The van der Waals surface area contributed by atoms with Crippen molar-refractivity contribution >= 4 is 22.7 Å². The van der Waals surface area contributed by atoms with Crippen molar-refractivity contribution in [1.82, 2.24) is 19.8 Å². The Balaban J connectivity index is 1.17. The summed E-state index contributed by atoms with van der Waals surface area (Å²) in [5.41, 5.74) is 3.87. The van der Waals surface area contributed by atoms with E-state index in [1.807, 2.05) is 24.4 Å². The minimum Gasteiger partial charge on any atom is -0.349 e. The third kappa shape index (κ3) is 5.00. The van der Waals surface area contributed by atoms with Crippen LogP contribution in [-0.4, -0.2) is 45.4 Å². The maximum Gasteiger partial charge on any atom is 0.253 e. The third-order valence-electron chi connectivity index (χ3n) is 6.60. The molecule has 0 unspecified atom stereocenters. The van der Waals surface area contributed by atoms with E-state index < -0.39 is 0 Å². The zero-order chi connectivity index (χ0) is 24.4. The van der Waals surface area contributed by atoms with Crippen LogP contribution in [0, 0.1) is 5.82 Å². The number of pyridine rings is 1. The number of halogens is 1. The molecule has 1 aliphatic heterocycles. The first-order valence-corrected chi connectivity index (χ1v) is 11.8.